The minimum Gasteiger partial charge on any atom is -0.307 e. The molecule has 0 N–H and O–H groups in total. The molecule has 0 spiro atoms. The van der Waals surface area contributed by atoms with Crippen molar-refractivity contribution in [2.24, 2.45) is 0 Å². The summed E-state index contributed by atoms with van der Waals surface area (Å²) in [6, 6.07) is 92.4. The van der Waals surface area contributed by atoms with Gasteiger partial charge in [0.2, 0.25) is 0 Å². The molecule has 0 amide bonds. The van der Waals surface area contributed by atoms with E-state index in [4.69, 9.17) is 0 Å². The standard InChI is InChI=1S/C60H41N3Si/c1-5-22-42(23-6-1)61-58-50(33-19-39-55(58)62-52-36-16-13-30-46(52)47-31-14-17-37-53(47)62)51-34-20-40-56(59(51)61)63-54-38-18-15-32-48(54)49-35-21-41-57(60(49)63)64(43-24-7-2-8-25-43,44-26-9-3-10-27-44)45-28-11-4-12-29-45/h1-41H. The fraction of sp³-hybridized carbons (Fsp3) is 0. The van der Waals surface area contributed by atoms with E-state index in [0.29, 0.717) is 0 Å². The Morgan fingerprint density at radius 3 is 1.06 bits per heavy atom. The molecule has 0 atom stereocenters. The molecular formula is C60H41N3Si. The van der Waals surface area contributed by atoms with Gasteiger partial charge in [-0.2, -0.15) is 0 Å². The van der Waals surface area contributed by atoms with Crippen LogP contribution in [0.4, 0.5) is 0 Å². The Bertz CT molecular complexity index is 3730. The molecule has 0 aliphatic rings. The molecule has 0 radical (unpaired) electrons. The quantitative estimate of drug-likeness (QED) is 0.112. The lowest BCUT2D eigenvalue weighted by atomic mass is 10.1. The van der Waals surface area contributed by atoms with Gasteiger partial charge in [0, 0.05) is 38.0 Å². The van der Waals surface area contributed by atoms with Gasteiger partial charge in [0.25, 0.3) is 0 Å². The molecule has 0 saturated carbocycles. The van der Waals surface area contributed by atoms with Crippen LogP contribution in [0.15, 0.2) is 249 Å². The van der Waals surface area contributed by atoms with Gasteiger partial charge in [-0.15, -0.1) is 0 Å². The molecule has 0 aliphatic heterocycles. The monoisotopic (exact) mass is 831 g/mol. The average molecular weight is 832 g/mol. The summed E-state index contributed by atoms with van der Waals surface area (Å²) >= 11 is 0. The van der Waals surface area contributed by atoms with Crippen molar-refractivity contribution in [3.8, 4) is 17.1 Å². The van der Waals surface area contributed by atoms with E-state index in [-0.39, 0.29) is 0 Å². The highest BCUT2D eigenvalue weighted by Gasteiger charge is 2.43. The van der Waals surface area contributed by atoms with Crippen molar-refractivity contribution in [3.63, 3.8) is 0 Å². The van der Waals surface area contributed by atoms with Crippen LogP contribution >= 0.6 is 0 Å². The number of fused-ring (bicyclic) bond motifs is 9. The van der Waals surface area contributed by atoms with Crippen LogP contribution in [0.5, 0.6) is 0 Å². The van der Waals surface area contributed by atoms with E-state index in [1.165, 1.54) is 86.2 Å². The first kappa shape index (κ1) is 36.5. The molecule has 10 aromatic carbocycles. The van der Waals surface area contributed by atoms with Gasteiger partial charge in [-0.1, -0.05) is 206 Å². The van der Waals surface area contributed by atoms with Crippen molar-refractivity contribution in [1.82, 2.24) is 13.7 Å². The van der Waals surface area contributed by atoms with Crippen LogP contribution in [0.25, 0.3) is 82.5 Å². The van der Waals surface area contributed by atoms with Gasteiger partial charge >= 0.3 is 0 Å². The number of aromatic nitrogens is 3. The Kier molecular flexibility index (Phi) is 8.23. The fourth-order valence-corrected chi connectivity index (χ4v) is 16.0. The Balaban J connectivity index is 1.23. The number of benzene rings is 10. The third-order valence-electron chi connectivity index (χ3n) is 13.6. The molecule has 300 valence electrons. The molecule has 13 aromatic rings. The predicted octanol–water partition coefficient (Wildman–Crippen LogP) is 12.4. The Labute approximate surface area is 372 Å². The highest BCUT2D eigenvalue weighted by Crippen LogP contribution is 2.43. The predicted molar refractivity (Wildman–Crippen MR) is 273 cm³/mol. The SMILES string of the molecule is c1ccc(-n2c3c(-n4c5ccccc5c5ccccc54)cccc3c3cccc(-n4c5ccccc5c5cccc([Si](c6ccccc6)(c6ccccc6)c6ccccc6)c54)c32)cc1. The van der Waals surface area contributed by atoms with Gasteiger partial charge in [-0.3, -0.25) is 0 Å². The van der Waals surface area contributed by atoms with Crippen LogP contribution in [-0.4, -0.2) is 21.8 Å². The molecule has 4 heteroatoms. The van der Waals surface area contributed by atoms with Crippen molar-refractivity contribution in [2.45, 2.75) is 0 Å². The number of hydrogen-bond acceptors (Lipinski definition) is 0. The summed E-state index contributed by atoms with van der Waals surface area (Å²) in [5, 5.41) is 12.8. The zero-order chi connectivity index (χ0) is 42.2. The smallest absolute Gasteiger partial charge is 0.181 e. The minimum atomic E-state index is -3.00. The molecule has 0 fully saturated rings. The first-order valence-corrected chi connectivity index (χ1v) is 24.1. The van der Waals surface area contributed by atoms with Crippen molar-refractivity contribution < 1.29 is 0 Å². The van der Waals surface area contributed by atoms with Gasteiger partial charge in [0.05, 0.1) is 44.5 Å². The number of hydrogen-bond donors (Lipinski definition) is 0. The molecule has 0 saturated heterocycles. The van der Waals surface area contributed by atoms with E-state index >= 15 is 0 Å². The van der Waals surface area contributed by atoms with E-state index in [0.717, 1.165) is 17.1 Å². The molecule has 3 aromatic heterocycles. The van der Waals surface area contributed by atoms with E-state index in [9.17, 15) is 0 Å². The maximum atomic E-state index is 2.61. The Hall–Kier alpha value is -8.18. The zero-order valence-electron chi connectivity index (χ0n) is 35.0. The van der Waals surface area contributed by atoms with Crippen LogP contribution < -0.4 is 20.7 Å². The highest BCUT2D eigenvalue weighted by molar-refractivity contribution is 7.20. The van der Waals surface area contributed by atoms with Crippen molar-refractivity contribution in [2.75, 3.05) is 0 Å². The summed E-state index contributed by atoms with van der Waals surface area (Å²) in [4.78, 5) is 0. The van der Waals surface area contributed by atoms with Gasteiger partial charge in [0.15, 0.2) is 8.07 Å². The second-order valence-corrected chi connectivity index (χ2v) is 20.6. The molecule has 3 nitrogen and oxygen atoms in total. The average Bonchev–Trinajstić information content (AvgIpc) is 4.02. The third kappa shape index (κ3) is 5.15. The van der Waals surface area contributed by atoms with Crippen LogP contribution in [0.2, 0.25) is 0 Å². The first-order valence-electron chi connectivity index (χ1n) is 22.1. The summed E-state index contributed by atoms with van der Waals surface area (Å²) in [5.74, 6) is 0. The number of rotatable bonds is 7. The van der Waals surface area contributed by atoms with Gasteiger partial charge in [-0.25, -0.2) is 0 Å². The van der Waals surface area contributed by atoms with Crippen LogP contribution in [0.3, 0.4) is 0 Å². The van der Waals surface area contributed by atoms with E-state index in [2.05, 4.69) is 262 Å². The Morgan fingerprint density at radius 2 is 0.578 bits per heavy atom. The van der Waals surface area contributed by atoms with E-state index in [1.54, 1.807) is 0 Å². The summed E-state index contributed by atoms with van der Waals surface area (Å²) in [5.41, 5.74) is 10.6. The number of nitrogens with zero attached hydrogens (tertiary/aromatic N) is 3. The number of para-hydroxylation sites is 7. The molecule has 0 unspecified atom stereocenters. The highest BCUT2D eigenvalue weighted by atomic mass is 28.3. The van der Waals surface area contributed by atoms with Gasteiger partial charge < -0.3 is 13.7 Å². The normalized spacial score (nSPS) is 12.1. The summed E-state index contributed by atoms with van der Waals surface area (Å²) in [7, 11) is -3.00. The van der Waals surface area contributed by atoms with Crippen LogP contribution in [-0.2, 0) is 0 Å². The molecule has 0 aliphatic carbocycles. The third-order valence-corrected chi connectivity index (χ3v) is 18.4. The van der Waals surface area contributed by atoms with E-state index in [1.807, 2.05) is 0 Å². The van der Waals surface area contributed by atoms with Gasteiger partial charge in [0.1, 0.15) is 0 Å². The summed E-state index contributed by atoms with van der Waals surface area (Å²) in [6.45, 7) is 0. The molecular weight excluding hydrogens is 791 g/mol. The molecule has 13 rings (SSSR count). The minimum absolute atomic E-state index is 1.12. The van der Waals surface area contributed by atoms with Gasteiger partial charge in [-0.05, 0) is 63.2 Å². The first-order chi connectivity index (χ1) is 31.8. The second-order valence-electron chi connectivity index (χ2n) is 16.8. The maximum Gasteiger partial charge on any atom is 0.181 e. The molecule has 3 heterocycles. The van der Waals surface area contributed by atoms with Crippen molar-refractivity contribution in [3.05, 3.63) is 249 Å². The summed E-state index contributed by atoms with van der Waals surface area (Å²) in [6.07, 6.45) is 0. The largest absolute Gasteiger partial charge is 0.307 e. The second kappa shape index (κ2) is 14.5. The maximum absolute atomic E-state index is 3.00. The van der Waals surface area contributed by atoms with Crippen LogP contribution in [0, 0.1) is 0 Å². The zero-order valence-corrected chi connectivity index (χ0v) is 36.0. The molecule has 64 heavy (non-hydrogen) atoms. The van der Waals surface area contributed by atoms with Crippen molar-refractivity contribution >= 4 is 94.2 Å². The lowest BCUT2D eigenvalue weighted by Gasteiger charge is -2.35. The summed E-state index contributed by atoms with van der Waals surface area (Å²) < 4.78 is 7.62. The lowest BCUT2D eigenvalue weighted by Crippen LogP contribution is -2.75. The lowest BCUT2D eigenvalue weighted by molar-refractivity contribution is 1.11. The van der Waals surface area contributed by atoms with Crippen LogP contribution in [0.1, 0.15) is 0 Å². The van der Waals surface area contributed by atoms with Crippen molar-refractivity contribution in [1.29, 1.82) is 0 Å². The van der Waals surface area contributed by atoms with E-state index < -0.39 is 8.07 Å². The fourth-order valence-electron chi connectivity index (χ4n) is 11.1. The topological polar surface area (TPSA) is 14.8 Å². The molecule has 0 bridgehead atoms. The Morgan fingerprint density at radius 1 is 0.234 bits per heavy atom.